The van der Waals surface area contributed by atoms with Gasteiger partial charge in [-0.1, -0.05) is 33.8 Å². The third kappa shape index (κ3) is 4.52. The van der Waals surface area contributed by atoms with Crippen molar-refractivity contribution in [1.82, 2.24) is 5.32 Å². The summed E-state index contributed by atoms with van der Waals surface area (Å²) in [5, 5.41) is 13.8. The zero-order valence-electron chi connectivity index (χ0n) is 12.7. The standard InChI is InChI=1S/C15H21BrN2O3/c1-9(2)12(10(3)4)8-17-15(19)11-6-5-7-13(14(11)16)18(20)21/h5-7,9-10,12H,8H2,1-4H3,(H,17,19). The SMILES string of the molecule is CC(C)C(CNC(=O)c1cccc([N+](=O)[O-])c1Br)C(C)C. The molecule has 1 aromatic rings. The first-order valence-electron chi connectivity index (χ1n) is 6.96. The molecule has 0 bridgehead atoms. The van der Waals surface area contributed by atoms with Crippen LogP contribution in [-0.4, -0.2) is 17.4 Å². The molecule has 1 aromatic carbocycles. The van der Waals surface area contributed by atoms with Gasteiger partial charge >= 0.3 is 0 Å². The second-order valence-corrected chi connectivity index (χ2v) is 6.55. The van der Waals surface area contributed by atoms with Crippen LogP contribution < -0.4 is 5.32 Å². The number of carbonyl (C=O) groups is 1. The Morgan fingerprint density at radius 3 is 2.33 bits per heavy atom. The van der Waals surface area contributed by atoms with E-state index in [1.807, 2.05) is 0 Å². The summed E-state index contributed by atoms with van der Waals surface area (Å²) in [6.45, 7) is 9.06. The molecule has 0 aliphatic carbocycles. The average molecular weight is 357 g/mol. The fraction of sp³-hybridized carbons (Fsp3) is 0.533. The quantitative estimate of drug-likeness (QED) is 0.617. The molecule has 1 N–H and O–H groups in total. The maximum atomic E-state index is 12.2. The van der Waals surface area contributed by atoms with Crippen molar-refractivity contribution in [2.45, 2.75) is 27.7 Å². The minimum atomic E-state index is -0.508. The molecule has 6 heteroatoms. The molecule has 0 fully saturated rings. The van der Waals surface area contributed by atoms with Crippen LogP contribution >= 0.6 is 15.9 Å². The molecule has 0 heterocycles. The van der Waals surface area contributed by atoms with Crippen LogP contribution in [0.3, 0.4) is 0 Å². The number of hydrogen-bond acceptors (Lipinski definition) is 3. The Bertz CT molecular complexity index is 522. The molecule has 0 spiro atoms. The highest BCUT2D eigenvalue weighted by molar-refractivity contribution is 9.10. The molecule has 1 rings (SSSR count). The summed E-state index contributed by atoms with van der Waals surface area (Å²) in [5.41, 5.74) is 0.183. The molecule has 5 nitrogen and oxygen atoms in total. The Hall–Kier alpha value is -1.43. The topological polar surface area (TPSA) is 72.2 Å². The van der Waals surface area contributed by atoms with Gasteiger partial charge in [0.15, 0.2) is 0 Å². The number of nitro benzene ring substituents is 1. The van der Waals surface area contributed by atoms with E-state index in [1.54, 1.807) is 6.07 Å². The summed E-state index contributed by atoms with van der Waals surface area (Å²) in [7, 11) is 0. The van der Waals surface area contributed by atoms with Gasteiger partial charge in [0.1, 0.15) is 4.47 Å². The smallest absolute Gasteiger partial charge is 0.284 e. The lowest BCUT2D eigenvalue weighted by Gasteiger charge is -2.25. The van der Waals surface area contributed by atoms with Crippen LogP contribution in [0.4, 0.5) is 5.69 Å². The van der Waals surface area contributed by atoms with E-state index < -0.39 is 4.92 Å². The predicted molar refractivity (Wildman–Crippen MR) is 86.3 cm³/mol. The molecule has 0 saturated heterocycles. The van der Waals surface area contributed by atoms with E-state index >= 15 is 0 Å². The molecule has 0 aliphatic rings. The maximum absolute atomic E-state index is 12.2. The van der Waals surface area contributed by atoms with E-state index in [1.165, 1.54) is 12.1 Å². The minimum absolute atomic E-state index is 0.105. The van der Waals surface area contributed by atoms with Gasteiger partial charge < -0.3 is 5.32 Å². The maximum Gasteiger partial charge on any atom is 0.284 e. The molecule has 0 saturated carbocycles. The fourth-order valence-electron chi connectivity index (χ4n) is 2.38. The third-order valence-electron chi connectivity index (χ3n) is 3.63. The van der Waals surface area contributed by atoms with Gasteiger partial charge in [0.05, 0.1) is 10.5 Å². The van der Waals surface area contributed by atoms with E-state index in [2.05, 4.69) is 48.9 Å². The van der Waals surface area contributed by atoms with Crippen LogP contribution in [0.5, 0.6) is 0 Å². The number of nitro groups is 1. The van der Waals surface area contributed by atoms with Gasteiger partial charge in [0.2, 0.25) is 0 Å². The summed E-state index contributed by atoms with van der Waals surface area (Å²) in [5.74, 6) is 0.987. The molecular weight excluding hydrogens is 336 g/mol. The third-order valence-corrected chi connectivity index (χ3v) is 4.46. The number of amides is 1. The predicted octanol–water partition coefficient (Wildman–Crippen LogP) is 4.02. The number of benzene rings is 1. The van der Waals surface area contributed by atoms with Crippen molar-refractivity contribution in [3.63, 3.8) is 0 Å². The van der Waals surface area contributed by atoms with Gasteiger partial charge in [-0.2, -0.15) is 0 Å². The molecule has 0 atom stereocenters. The normalized spacial score (nSPS) is 11.2. The number of hydrogen-bond donors (Lipinski definition) is 1. The van der Waals surface area contributed by atoms with Crippen LogP contribution in [0, 0.1) is 27.9 Å². The van der Waals surface area contributed by atoms with Gasteiger partial charge in [-0.25, -0.2) is 0 Å². The highest BCUT2D eigenvalue weighted by Crippen LogP contribution is 2.28. The van der Waals surface area contributed by atoms with Crippen LogP contribution in [0.15, 0.2) is 22.7 Å². The van der Waals surface area contributed by atoms with E-state index in [0.29, 0.717) is 24.3 Å². The molecule has 0 aliphatic heterocycles. The lowest BCUT2D eigenvalue weighted by Crippen LogP contribution is -2.34. The van der Waals surface area contributed by atoms with Crippen LogP contribution in [0.25, 0.3) is 0 Å². The van der Waals surface area contributed by atoms with Crippen molar-refractivity contribution in [3.8, 4) is 0 Å². The van der Waals surface area contributed by atoms with Crippen molar-refractivity contribution in [3.05, 3.63) is 38.3 Å². The van der Waals surface area contributed by atoms with E-state index in [9.17, 15) is 14.9 Å². The van der Waals surface area contributed by atoms with Gasteiger partial charge in [-0.3, -0.25) is 14.9 Å². The number of rotatable bonds is 6. The average Bonchev–Trinajstić information content (AvgIpc) is 2.37. The van der Waals surface area contributed by atoms with Gasteiger partial charge in [0.25, 0.3) is 11.6 Å². The molecule has 0 radical (unpaired) electrons. The van der Waals surface area contributed by atoms with E-state index in [0.717, 1.165) is 0 Å². The van der Waals surface area contributed by atoms with Crippen molar-refractivity contribution >= 4 is 27.5 Å². The van der Waals surface area contributed by atoms with Crippen molar-refractivity contribution in [2.75, 3.05) is 6.54 Å². The van der Waals surface area contributed by atoms with Crippen molar-refractivity contribution in [1.29, 1.82) is 0 Å². The fourth-order valence-corrected chi connectivity index (χ4v) is 2.97. The minimum Gasteiger partial charge on any atom is -0.352 e. The Kier molecular flexibility index (Phi) is 6.33. The Balaban J connectivity index is 2.86. The zero-order chi connectivity index (χ0) is 16.2. The van der Waals surface area contributed by atoms with Crippen molar-refractivity contribution in [2.24, 2.45) is 17.8 Å². The lowest BCUT2D eigenvalue weighted by molar-refractivity contribution is -0.385. The summed E-state index contributed by atoms with van der Waals surface area (Å²) < 4.78 is 0.221. The first-order chi connectivity index (χ1) is 9.75. The van der Waals surface area contributed by atoms with Crippen molar-refractivity contribution < 1.29 is 9.72 Å². The molecule has 0 unspecified atom stereocenters. The molecule has 21 heavy (non-hydrogen) atoms. The summed E-state index contributed by atoms with van der Waals surface area (Å²) in [6, 6.07) is 4.46. The first kappa shape index (κ1) is 17.6. The summed E-state index contributed by atoms with van der Waals surface area (Å²) in [4.78, 5) is 22.6. The second kappa shape index (κ2) is 7.54. The largest absolute Gasteiger partial charge is 0.352 e. The summed E-state index contributed by atoms with van der Waals surface area (Å²) >= 11 is 3.14. The van der Waals surface area contributed by atoms with E-state index in [-0.39, 0.29) is 21.6 Å². The van der Waals surface area contributed by atoms with Crippen LogP contribution in [0.2, 0.25) is 0 Å². The molecular formula is C15H21BrN2O3. The lowest BCUT2D eigenvalue weighted by atomic mass is 9.85. The Labute approximate surface area is 133 Å². The highest BCUT2D eigenvalue weighted by atomic mass is 79.9. The van der Waals surface area contributed by atoms with Crippen LogP contribution in [-0.2, 0) is 0 Å². The Morgan fingerprint density at radius 1 is 1.29 bits per heavy atom. The van der Waals surface area contributed by atoms with Gasteiger partial charge in [0, 0.05) is 12.6 Å². The number of carbonyl (C=O) groups excluding carboxylic acids is 1. The monoisotopic (exact) mass is 356 g/mol. The number of nitrogens with zero attached hydrogens (tertiary/aromatic N) is 1. The van der Waals surface area contributed by atoms with Gasteiger partial charge in [-0.05, 0) is 39.8 Å². The molecule has 1 amide bonds. The first-order valence-corrected chi connectivity index (χ1v) is 7.76. The molecule has 0 aromatic heterocycles. The Morgan fingerprint density at radius 2 is 1.86 bits per heavy atom. The zero-order valence-corrected chi connectivity index (χ0v) is 14.3. The van der Waals surface area contributed by atoms with Gasteiger partial charge in [-0.15, -0.1) is 0 Å². The molecule has 116 valence electrons. The number of halogens is 1. The highest BCUT2D eigenvalue weighted by Gasteiger charge is 2.22. The number of nitrogens with one attached hydrogen (secondary N) is 1. The van der Waals surface area contributed by atoms with Crippen LogP contribution in [0.1, 0.15) is 38.1 Å². The summed E-state index contributed by atoms with van der Waals surface area (Å²) in [6.07, 6.45) is 0. The van der Waals surface area contributed by atoms with E-state index in [4.69, 9.17) is 0 Å². The second-order valence-electron chi connectivity index (χ2n) is 5.76.